The maximum Gasteiger partial charge on any atom is 0.250 e. The molecule has 1 aromatic carbocycles. The Morgan fingerprint density at radius 2 is 2.12 bits per heavy atom. The molecular formula is C19H27N2OSSi. The molecule has 0 amide bonds. The second-order valence-corrected chi connectivity index (χ2v) is 13.8. The number of nitrogens with one attached hydrogen (secondary N) is 1. The molecule has 24 heavy (non-hydrogen) atoms. The zero-order valence-electron chi connectivity index (χ0n) is 15.3. The summed E-state index contributed by atoms with van der Waals surface area (Å²) in [6.07, 6.45) is 5.61. The molecule has 1 N–H and O–H groups in total. The van der Waals surface area contributed by atoms with Crippen molar-refractivity contribution in [1.29, 1.82) is 0 Å². The van der Waals surface area contributed by atoms with Gasteiger partial charge in [0, 0.05) is 0 Å². The minimum Gasteiger partial charge on any atom is -0.543 e. The maximum absolute atomic E-state index is 6.43. The molecule has 1 aliphatic rings. The van der Waals surface area contributed by atoms with Crippen LogP contribution >= 0.6 is 11.3 Å². The van der Waals surface area contributed by atoms with E-state index in [4.69, 9.17) is 4.43 Å². The molecule has 1 fully saturated rings. The van der Waals surface area contributed by atoms with Crippen LogP contribution in [0.4, 0.5) is 0 Å². The van der Waals surface area contributed by atoms with Crippen LogP contribution in [0.2, 0.25) is 18.1 Å². The minimum absolute atomic E-state index is 0.195. The lowest BCUT2D eigenvalue weighted by atomic mass is 10.2. The van der Waals surface area contributed by atoms with Crippen molar-refractivity contribution in [2.75, 3.05) is 6.54 Å². The van der Waals surface area contributed by atoms with Crippen LogP contribution in [0.3, 0.4) is 0 Å². The molecule has 1 atom stereocenters. The number of aromatic nitrogens is 1. The van der Waals surface area contributed by atoms with Crippen molar-refractivity contribution < 1.29 is 4.43 Å². The molecule has 1 saturated heterocycles. The van der Waals surface area contributed by atoms with Gasteiger partial charge >= 0.3 is 0 Å². The van der Waals surface area contributed by atoms with Crippen molar-refractivity contribution >= 4 is 19.7 Å². The van der Waals surface area contributed by atoms with E-state index in [1.165, 1.54) is 12.8 Å². The highest BCUT2D eigenvalue weighted by molar-refractivity contribution is 7.15. The highest BCUT2D eigenvalue weighted by Gasteiger charge is 2.39. The summed E-state index contributed by atoms with van der Waals surface area (Å²) < 4.78 is 6.43. The number of benzene rings is 1. The second kappa shape index (κ2) is 6.62. The summed E-state index contributed by atoms with van der Waals surface area (Å²) in [5, 5.41) is 4.85. The van der Waals surface area contributed by atoms with E-state index in [1.54, 1.807) is 11.3 Å². The van der Waals surface area contributed by atoms with Gasteiger partial charge in [0.15, 0.2) is 0 Å². The monoisotopic (exact) mass is 359 g/mol. The van der Waals surface area contributed by atoms with Crippen molar-refractivity contribution in [2.45, 2.75) is 57.8 Å². The van der Waals surface area contributed by atoms with Crippen LogP contribution in [0.1, 0.15) is 44.7 Å². The number of thiazole rings is 1. The SMILES string of the molecule is CC(C)(C)[Si](C)(C)Oc1cccc(-c2[c]nc([C@@H]3CCCN3)s2)c1. The highest BCUT2D eigenvalue weighted by atomic mass is 32.1. The molecule has 2 heterocycles. The molecule has 3 rings (SSSR count). The first-order chi connectivity index (χ1) is 11.3. The Labute approximate surface area is 150 Å². The van der Waals surface area contributed by atoms with Crippen LogP contribution in [0.15, 0.2) is 24.3 Å². The minimum atomic E-state index is -1.82. The third-order valence-corrected chi connectivity index (χ3v) is 10.6. The van der Waals surface area contributed by atoms with Crippen LogP contribution in [0.25, 0.3) is 10.4 Å². The molecule has 129 valence electrons. The van der Waals surface area contributed by atoms with E-state index in [-0.39, 0.29) is 5.04 Å². The van der Waals surface area contributed by atoms with Gasteiger partial charge in [-0.15, -0.1) is 11.3 Å². The van der Waals surface area contributed by atoms with Crippen molar-refractivity contribution in [3.8, 4) is 16.2 Å². The van der Waals surface area contributed by atoms with Gasteiger partial charge in [0.25, 0.3) is 0 Å². The molecule has 0 saturated carbocycles. The summed E-state index contributed by atoms with van der Waals surface area (Å²) in [7, 11) is -1.82. The topological polar surface area (TPSA) is 34.1 Å². The van der Waals surface area contributed by atoms with Crippen molar-refractivity contribution in [3.63, 3.8) is 0 Å². The molecule has 1 aliphatic heterocycles. The van der Waals surface area contributed by atoms with Gasteiger partial charge in [0.05, 0.1) is 10.9 Å². The van der Waals surface area contributed by atoms with Gasteiger partial charge in [-0.05, 0) is 55.2 Å². The lowest BCUT2D eigenvalue weighted by Gasteiger charge is -2.36. The summed E-state index contributed by atoms with van der Waals surface area (Å²) in [6, 6.07) is 8.79. The Balaban J connectivity index is 1.80. The van der Waals surface area contributed by atoms with Crippen LogP contribution in [0.5, 0.6) is 5.75 Å². The molecule has 0 unspecified atom stereocenters. The summed E-state index contributed by atoms with van der Waals surface area (Å²) in [4.78, 5) is 5.61. The van der Waals surface area contributed by atoms with E-state index >= 15 is 0 Å². The molecule has 1 radical (unpaired) electrons. The molecule has 3 nitrogen and oxygen atoms in total. The number of rotatable bonds is 4. The predicted molar refractivity (Wildman–Crippen MR) is 104 cm³/mol. The van der Waals surface area contributed by atoms with Crippen LogP contribution in [-0.4, -0.2) is 19.8 Å². The van der Waals surface area contributed by atoms with Gasteiger partial charge in [0.2, 0.25) is 8.32 Å². The van der Waals surface area contributed by atoms with Gasteiger partial charge in [-0.25, -0.2) is 4.98 Å². The lowest BCUT2D eigenvalue weighted by Crippen LogP contribution is -2.43. The standard InChI is InChI=1S/C19H27N2OSSi/c1-19(2,3)24(4,5)22-15-9-6-8-14(12-15)17-13-21-18(23-17)16-10-7-11-20-16/h6,8-9,12,16,20H,7,10-11H2,1-5H3/t16-/m0/s1. The van der Waals surface area contributed by atoms with Gasteiger partial charge < -0.3 is 9.74 Å². The molecule has 0 aliphatic carbocycles. The summed E-state index contributed by atoms with van der Waals surface area (Å²) in [6.45, 7) is 12.4. The molecule has 1 aromatic heterocycles. The molecule has 0 bridgehead atoms. The zero-order valence-corrected chi connectivity index (χ0v) is 17.1. The Kier molecular flexibility index (Phi) is 4.86. The molecular weight excluding hydrogens is 332 g/mol. The Bertz CT molecular complexity index is 699. The highest BCUT2D eigenvalue weighted by Crippen LogP contribution is 2.39. The third-order valence-electron chi connectivity index (χ3n) is 5.11. The third kappa shape index (κ3) is 3.73. The van der Waals surface area contributed by atoms with Gasteiger partial charge in [-0.2, -0.15) is 0 Å². The average Bonchev–Trinajstić information content (AvgIpc) is 3.17. The second-order valence-electron chi connectivity index (χ2n) is 8.03. The number of hydrogen-bond acceptors (Lipinski definition) is 4. The Morgan fingerprint density at radius 3 is 2.79 bits per heavy atom. The van der Waals surface area contributed by atoms with E-state index in [0.717, 1.165) is 27.7 Å². The van der Waals surface area contributed by atoms with E-state index < -0.39 is 8.32 Å². The predicted octanol–water partition coefficient (Wildman–Crippen LogP) is 5.42. The fraction of sp³-hybridized carbons (Fsp3) is 0.526. The zero-order chi connectivity index (χ0) is 17.4. The first kappa shape index (κ1) is 17.6. The van der Waals surface area contributed by atoms with E-state index in [0.29, 0.717) is 6.04 Å². The van der Waals surface area contributed by atoms with E-state index in [2.05, 4.69) is 74.6 Å². The largest absolute Gasteiger partial charge is 0.543 e. The quantitative estimate of drug-likeness (QED) is 0.740. The summed E-state index contributed by atoms with van der Waals surface area (Å²) in [5.74, 6) is 0.960. The number of hydrogen-bond donors (Lipinski definition) is 1. The van der Waals surface area contributed by atoms with Gasteiger partial charge in [-0.1, -0.05) is 32.9 Å². The van der Waals surface area contributed by atoms with Crippen LogP contribution in [-0.2, 0) is 0 Å². The number of nitrogens with zero attached hydrogens (tertiary/aromatic N) is 1. The lowest BCUT2D eigenvalue weighted by molar-refractivity contribution is 0.492. The fourth-order valence-corrected chi connectivity index (χ4v) is 4.57. The van der Waals surface area contributed by atoms with Gasteiger partial charge in [-0.3, -0.25) is 0 Å². The average molecular weight is 360 g/mol. The Hall–Kier alpha value is -1.17. The van der Waals surface area contributed by atoms with Crippen LogP contribution in [0, 0.1) is 6.20 Å². The Morgan fingerprint density at radius 1 is 1.33 bits per heavy atom. The maximum atomic E-state index is 6.43. The normalized spacial score (nSPS) is 18.8. The fourth-order valence-electron chi connectivity index (χ4n) is 2.57. The first-order valence-corrected chi connectivity index (χ1v) is 12.4. The molecule has 2 aromatic rings. The summed E-state index contributed by atoms with van der Waals surface area (Å²) in [5.41, 5.74) is 1.15. The smallest absolute Gasteiger partial charge is 0.250 e. The first-order valence-electron chi connectivity index (χ1n) is 8.67. The van der Waals surface area contributed by atoms with Gasteiger partial charge in [0.1, 0.15) is 17.0 Å². The van der Waals surface area contributed by atoms with E-state index in [1.807, 2.05) is 0 Å². The van der Waals surface area contributed by atoms with Crippen molar-refractivity contribution in [1.82, 2.24) is 10.3 Å². The van der Waals surface area contributed by atoms with Crippen molar-refractivity contribution in [3.05, 3.63) is 35.5 Å². The summed E-state index contributed by atoms with van der Waals surface area (Å²) >= 11 is 1.74. The van der Waals surface area contributed by atoms with Crippen molar-refractivity contribution in [2.24, 2.45) is 0 Å². The van der Waals surface area contributed by atoms with E-state index in [9.17, 15) is 0 Å². The molecule has 0 spiro atoms. The van der Waals surface area contributed by atoms with Crippen LogP contribution < -0.4 is 9.74 Å². The molecule has 5 heteroatoms.